The quantitative estimate of drug-likeness (QED) is 0.788. The van der Waals surface area contributed by atoms with Crippen molar-refractivity contribution in [2.45, 2.75) is 30.8 Å². The maximum Gasteiger partial charge on any atom is 0.240 e. The zero-order valence-corrected chi connectivity index (χ0v) is 16.3. The van der Waals surface area contributed by atoms with Crippen molar-refractivity contribution in [2.75, 3.05) is 20.1 Å². The first-order valence-electron chi connectivity index (χ1n) is 8.91. The van der Waals surface area contributed by atoms with E-state index < -0.39 is 10.0 Å². The molecule has 0 unspecified atom stereocenters. The summed E-state index contributed by atoms with van der Waals surface area (Å²) in [4.78, 5) is 14.3. The fourth-order valence-electron chi connectivity index (χ4n) is 2.89. The second-order valence-electron chi connectivity index (χ2n) is 6.70. The summed E-state index contributed by atoms with van der Waals surface area (Å²) in [6.07, 6.45) is 1.02. The van der Waals surface area contributed by atoms with E-state index in [1.807, 2.05) is 31.2 Å². The van der Waals surface area contributed by atoms with Crippen LogP contribution in [0.5, 0.6) is 5.75 Å². The topological polar surface area (TPSA) is 75.7 Å². The third-order valence-electron chi connectivity index (χ3n) is 4.65. The maximum atomic E-state index is 12.3. The van der Waals surface area contributed by atoms with Crippen molar-refractivity contribution in [2.24, 2.45) is 0 Å². The third-order valence-corrected chi connectivity index (χ3v) is 6.08. The van der Waals surface area contributed by atoms with Gasteiger partial charge in [0.05, 0.1) is 18.0 Å². The van der Waals surface area contributed by atoms with Crippen LogP contribution in [0.2, 0.25) is 0 Å². The van der Waals surface area contributed by atoms with Crippen molar-refractivity contribution >= 4 is 15.9 Å². The molecular weight excluding hydrogens is 364 g/mol. The summed E-state index contributed by atoms with van der Waals surface area (Å²) in [5.41, 5.74) is 2.12. The normalized spacial score (nSPS) is 14.7. The predicted molar refractivity (Wildman–Crippen MR) is 103 cm³/mol. The molecule has 1 aliphatic rings. The van der Waals surface area contributed by atoms with Crippen molar-refractivity contribution < 1.29 is 17.9 Å². The van der Waals surface area contributed by atoms with E-state index >= 15 is 0 Å². The molecule has 3 rings (SSSR count). The molecule has 0 bridgehead atoms. The summed E-state index contributed by atoms with van der Waals surface area (Å²) >= 11 is 0. The van der Waals surface area contributed by atoms with Gasteiger partial charge in [-0.2, -0.15) is 0 Å². The standard InChI is InChI=1S/C20H24N2O4S/c1-15-3-8-17(9-4-15)26-18-13-22(14-18)20(23)12-7-16-5-10-19(11-6-16)27(24,25)21-2/h3-6,8-11,18,21H,7,12-14H2,1-2H3. The first kappa shape index (κ1) is 19.4. The zero-order chi connectivity index (χ0) is 19.4. The lowest BCUT2D eigenvalue weighted by atomic mass is 10.1. The Balaban J connectivity index is 1.43. The van der Waals surface area contributed by atoms with Crippen molar-refractivity contribution in [3.05, 3.63) is 59.7 Å². The van der Waals surface area contributed by atoms with Crippen LogP contribution in [0.3, 0.4) is 0 Å². The molecule has 0 aromatic heterocycles. The van der Waals surface area contributed by atoms with Gasteiger partial charge in [-0.3, -0.25) is 4.79 Å². The number of rotatable bonds is 7. The van der Waals surface area contributed by atoms with Gasteiger partial charge in [0.2, 0.25) is 15.9 Å². The van der Waals surface area contributed by atoms with Gasteiger partial charge in [0.15, 0.2) is 0 Å². The first-order chi connectivity index (χ1) is 12.9. The minimum absolute atomic E-state index is 0.0442. The number of nitrogens with one attached hydrogen (secondary N) is 1. The molecule has 0 atom stereocenters. The molecule has 2 aromatic carbocycles. The lowest BCUT2D eigenvalue weighted by Gasteiger charge is -2.39. The summed E-state index contributed by atoms with van der Waals surface area (Å²) in [6.45, 7) is 3.23. The number of likely N-dealkylation sites (tertiary alicyclic amines) is 1. The van der Waals surface area contributed by atoms with Gasteiger partial charge in [0.25, 0.3) is 0 Å². The molecule has 6 nitrogen and oxygen atoms in total. The van der Waals surface area contributed by atoms with Gasteiger partial charge in [-0.05, 0) is 50.2 Å². The molecule has 144 valence electrons. The average Bonchev–Trinajstić information content (AvgIpc) is 2.64. The Morgan fingerprint density at radius 2 is 1.74 bits per heavy atom. The summed E-state index contributed by atoms with van der Waals surface area (Å²) < 4.78 is 31.5. The van der Waals surface area contributed by atoms with E-state index in [9.17, 15) is 13.2 Å². The highest BCUT2D eigenvalue weighted by molar-refractivity contribution is 7.89. The molecule has 0 radical (unpaired) electrons. The van der Waals surface area contributed by atoms with Crippen molar-refractivity contribution in [1.29, 1.82) is 0 Å². The smallest absolute Gasteiger partial charge is 0.240 e. The monoisotopic (exact) mass is 388 g/mol. The number of ether oxygens (including phenoxy) is 1. The number of benzene rings is 2. The molecule has 1 N–H and O–H groups in total. The lowest BCUT2D eigenvalue weighted by Crippen LogP contribution is -2.56. The number of carbonyl (C=O) groups excluding carboxylic acids is 1. The van der Waals surface area contributed by atoms with Crippen LogP contribution >= 0.6 is 0 Å². The van der Waals surface area contributed by atoms with E-state index in [-0.39, 0.29) is 16.9 Å². The van der Waals surface area contributed by atoms with E-state index in [0.29, 0.717) is 25.9 Å². The van der Waals surface area contributed by atoms with Crippen LogP contribution in [0, 0.1) is 6.92 Å². The summed E-state index contributed by atoms with van der Waals surface area (Å²) in [5.74, 6) is 0.917. The van der Waals surface area contributed by atoms with Crippen LogP contribution in [-0.2, 0) is 21.2 Å². The van der Waals surface area contributed by atoms with Crippen LogP contribution in [0.1, 0.15) is 17.5 Å². The summed E-state index contributed by atoms with van der Waals surface area (Å²) in [5, 5.41) is 0. The van der Waals surface area contributed by atoms with Crippen molar-refractivity contribution in [3.63, 3.8) is 0 Å². The molecule has 1 saturated heterocycles. The molecule has 2 aromatic rings. The number of sulfonamides is 1. The molecule has 27 heavy (non-hydrogen) atoms. The Labute approximate surface area is 160 Å². The van der Waals surface area contributed by atoms with Crippen LogP contribution in [0.25, 0.3) is 0 Å². The molecule has 1 heterocycles. The molecule has 0 aliphatic carbocycles. The zero-order valence-electron chi connectivity index (χ0n) is 15.5. The fourth-order valence-corrected chi connectivity index (χ4v) is 3.62. The molecular formula is C20H24N2O4S. The second-order valence-corrected chi connectivity index (χ2v) is 8.59. The van der Waals surface area contributed by atoms with Crippen LogP contribution < -0.4 is 9.46 Å². The number of carbonyl (C=O) groups is 1. The van der Waals surface area contributed by atoms with Gasteiger partial charge >= 0.3 is 0 Å². The van der Waals surface area contributed by atoms with Gasteiger partial charge in [-0.15, -0.1) is 0 Å². The Kier molecular flexibility index (Phi) is 5.82. The summed E-state index contributed by atoms with van der Waals surface area (Å²) in [6, 6.07) is 14.5. The third kappa shape index (κ3) is 4.87. The largest absolute Gasteiger partial charge is 0.487 e. The minimum atomic E-state index is -3.43. The number of hydrogen-bond acceptors (Lipinski definition) is 4. The van der Waals surface area contributed by atoms with Gasteiger partial charge in [-0.1, -0.05) is 29.8 Å². The highest BCUT2D eigenvalue weighted by Gasteiger charge is 2.31. The van der Waals surface area contributed by atoms with Crippen LogP contribution in [0.4, 0.5) is 0 Å². The highest BCUT2D eigenvalue weighted by atomic mass is 32.2. The highest BCUT2D eigenvalue weighted by Crippen LogP contribution is 2.20. The predicted octanol–water partition coefficient (Wildman–Crippen LogP) is 2.13. The molecule has 0 spiro atoms. The van der Waals surface area contributed by atoms with E-state index in [2.05, 4.69) is 4.72 Å². The lowest BCUT2D eigenvalue weighted by molar-refractivity contribution is -0.139. The number of hydrogen-bond donors (Lipinski definition) is 1. The average molecular weight is 388 g/mol. The Bertz CT molecular complexity index is 887. The van der Waals surface area contributed by atoms with Gasteiger partial charge in [0, 0.05) is 6.42 Å². The molecule has 7 heteroatoms. The van der Waals surface area contributed by atoms with Gasteiger partial charge in [0.1, 0.15) is 11.9 Å². The fraction of sp³-hybridized carbons (Fsp3) is 0.350. The second kappa shape index (κ2) is 8.10. The number of aryl methyl sites for hydroxylation is 2. The molecule has 1 aliphatic heterocycles. The first-order valence-corrected chi connectivity index (χ1v) is 10.4. The molecule has 1 amide bonds. The van der Waals surface area contributed by atoms with Crippen molar-refractivity contribution in [3.8, 4) is 5.75 Å². The molecule has 1 fully saturated rings. The van der Waals surface area contributed by atoms with Gasteiger partial charge in [-0.25, -0.2) is 13.1 Å². The van der Waals surface area contributed by atoms with Crippen LogP contribution in [0.15, 0.2) is 53.4 Å². The van der Waals surface area contributed by atoms with Crippen molar-refractivity contribution in [1.82, 2.24) is 9.62 Å². The number of amides is 1. The Morgan fingerprint density at radius 1 is 1.11 bits per heavy atom. The maximum absolute atomic E-state index is 12.3. The van der Waals surface area contributed by atoms with E-state index in [0.717, 1.165) is 11.3 Å². The van der Waals surface area contributed by atoms with E-state index in [4.69, 9.17) is 4.74 Å². The summed E-state index contributed by atoms with van der Waals surface area (Å²) in [7, 11) is -2.05. The van der Waals surface area contributed by atoms with Crippen LogP contribution in [-0.4, -0.2) is 45.5 Å². The van der Waals surface area contributed by atoms with E-state index in [1.54, 1.807) is 29.2 Å². The number of nitrogens with zero attached hydrogens (tertiary/aromatic N) is 1. The SMILES string of the molecule is CNS(=O)(=O)c1ccc(CCC(=O)N2CC(Oc3ccc(C)cc3)C2)cc1. The van der Waals surface area contributed by atoms with E-state index in [1.165, 1.54) is 12.6 Å². The molecule has 0 saturated carbocycles. The minimum Gasteiger partial charge on any atom is -0.487 e. The Morgan fingerprint density at radius 3 is 2.33 bits per heavy atom. The Hall–Kier alpha value is -2.38. The van der Waals surface area contributed by atoms with Gasteiger partial charge < -0.3 is 9.64 Å².